The number of carbonyl (C=O) groups is 3. The number of carbonyl (C=O) groups excluding carboxylic acids is 3. The molecule has 0 unspecified atom stereocenters. The molecule has 0 saturated carbocycles. The molecule has 9 heteroatoms. The lowest BCUT2D eigenvalue weighted by Gasteiger charge is -2.36. The zero-order chi connectivity index (χ0) is 24.8. The third kappa shape index (κ3) is 6.08. The second kappa shape index (κ2) is 11.4. The van der Waals surface area contributed by atoms with E-state index in [9.17, 15) is 14.4 Å². The van der Waals surface area contributed by atoms with E-state index in [0.29, 0.717) is 37.4 Å². The molecule has 1 fully saturated rings. The van der Waals surface area contributed by atoms with E-state index in [2.05, 4.69) is 15.5 Å². The highest BCUT2D eigenvalue weighted by Gasteiger charge is 2.37. The Bertz CT molecular complexity index is 945. The van der Waals surface area contributed by atoms with Crippen molar-refractivity contribution in [2.45, 2.75) is 46.2 Å². The zero-order valence-electron chi connectivity index (χ0n) is 20.9. The predicted molar refractivity (Wildman–Crippen MR) is 130 cm³/mol. The summed E-state index contributed by atoms with van der Waals surface area (Å²) in [6.07, 6.45) is 0.810. The average molecular weight is 472 g/mol. The van der Waals surface area contributed by atoms with E-state index in [-0.39, 0.29) is 24.7 Å². The number of ether oxygens (including phenoxy) is 1. The van der Waals surface area contributed by atoms with E-state index >= 15 is 0 Å². The quantitative estimate of drug-likeness (QED) is 0.622. The minimum atomic E-state index is -0.585. The fourth-order valence-electron chi connectivity index (χ4n) is 4.38. The number of hydrogen-bond acceptors (Lipinski definition) is 5. The Balaban J connectivity index is 1.90. The first-order valence-corrected chi connectivity index (χ1v) is 12.0. The van der Waals surface area contributed by atoms with Gasteiger partial charge in [0.2, 0.25) is 0 Å². The van der Waals surface area contributed by atoms with Gasteiger partial charge in [0.1, 0.15) is 0 Å². The largest absolute Gasteiger partial charge is 0.463 e. The van der Waals surface area contributed by atoms with Crippen molar-refractivity contribution < 1.29 is 19.1 Å². The Kier molecular flexibility index (Phi) is 8.55. The molecule has 186 valence electrons. The number of aryl methyl sites for hydroxylation is 1. The lowest BCUT2D eigenvalue weighted by atomic mass is 9.93. The summed E-state index contributed by atoms with van der Waals surface area (Å²) in [7, 11) is 1.68. The van der Waals surface area contributed by atoms with E-state index in [4.69, 9.17) is 4.74 Å². The van der Waals surface area contributed by atoms with Crippen LogP contribution in [0.1, 0.15) is 44.4 Å². The normalized spacial score (nSPS) is 19.7. The molecule has 9 nitrogen and oxygen atoms in total. The smallest absolute Gasteiger partial charge is 0.338 e. The van der Waals surface area contributed by atoms with Gasteiger partial charge in [-0.3, -0.25) is 9.80 Å². The molecule has 0 aromatic heterocycles. The number of likely N-dealkylation sites (N-methyl/N-ethyl adjacent to an activating group) is 1. The number of hydrogen-bond donors (Lipinski definition) is 2. The van der Waals surface area contributed by atoms with E-state index in [0.717, 1.165) is 24.1 Å². The first kappa shape index (κ1) is 25.6. The fourth-order valence-corrected chi connectivity index (χ4v) is 4.38. The lowest BCUT2D eigenvalue weighted by Crippen LogP contribution is -2.49. The van der Waals surface area contributed by atoms with Gasteiger partial charge in [0.05, 0.1) is 18.2 Å². The van der Waals surface area contributed by atoms with Crippen molar-refractivity contribution in [2.75, 3.05) is 46.4 Å². The minimum absolute atomic E-state index is 0.0584. The summed E-state index contributed by atoms with van der Waals surface area (Å²) in [5, 5.41) is 5.92. The molecule has 0 radical (unpaired) electrons. The monoisotopic (exact) mass is 471 g/mol. The molecule has 34 heavy (non-hydrogen) atoms. The standard InChI is InChI=1S/C25H37N5O4/c1-6-34-23(31)21-20(16-29-11-8-12-30(14-13-29)25(33)26-17(2)3)28(5)24(32)27-22(21)19-10-7-9-18(4)15-19/h7,9-10,15,17,22H,6,8,11-14,16H2,1-5H3,(H,26,33)(H,27,32)/t22-/m0/s1. The highest BCUT2D eigenvalue weighted by atomic mass is 16.5. The molecular formula is C25H37N5O4. The number of esters is 1. The number of urea groups is 2. The topological polar surface area (TPSA) is 94.2 Å². The van der Waals surface area contributed by atoms with Crippen LogP contribution in [-0.4, -0.2) is 85.2 Å². The molecule has 1 atom stereocenters. The van der Waals surface area contributed by atoms with Crippen LogP contribution in [0.4, 0.5) is 9.59 Å². The maximum absolute atomic E-state index is 13.1. The van der Waals surface area contributed by atoms with Crippen LogP contribution in [0, 0.1) is 6.92 Å². The van der Waals surface area contributed by atoms with Gasteiger partial charge in [0.25, 0.3) is 0 Å². The molecule has 1 aromatic carbocycles. The molecule has 0 bridgehead atoms. The minimum Gasteiger partial charge on any atom is -0.463 e. The summed E-state index contributed by atoms with van der Waals surface area (Å²) in [6, 6.07) is 6.97. The number of benzene rings is 1. The van der Waals surface area contributed by atoms with Crippen molar-refractivity contribution >= 4 is 18.0 Å². The van der Waals surface area contributed by atoms with Gasteiger partial charge >= 0.3 is 18.0 Å². The van der Waals surface area contributed by atoms with E-state index in [1.807, 2.05) is 49.9 Å². The molecule has 2 aliphatic heterocycles. The third-order valence-corrected chi connectivity index (χ3v) is 6.11. The molecule has 0 spiro atoms. The Morgan fingerprint density at radius 2 is 1.97 bits per heavy atom. The SMILES string of the molecule is CCOC(=O)C1=C(CN2CCCN(C(=O)NC(C)C)CC2)N(C)C(=O)N[C@H]1c1cccc(C)c1. The number of rotatable bonds is 6. The van der Waals surface area contributed by atoms with Crippen LogP contribution in [0.5, 0.6) is 0 Å². The van der Waals surface area contributed by atoms with Gasteiger partial charge in [0.15, 0.2) is 0 Å². The van der Waals surface area contributed by atoms with Gasteiger partial charge in [-0.15, -0.1) is 0 Å². The highest BCUT2D eigenvalue weighted by Crippen LogP contribution is 2.32. The van der Waals surface area contributed by atoms with Crippen LogP contribution in [0.15, 0.2) is 35.5 Å². The van der Waals surface area contributed by atoms with Crippen molar-refractivity contribution in [1.82, 2.24) is 25.3 Å². The number of nitrogens with one attached hydrogen (secondary N) is 2. The summed E-state index contributed by atoms with van der Waals surface area (Å²) in [5.74, 6) is -0.427. The van der Waals surface area contributed by atoms with Gasteiger partial charge in [-0.2, -0.15) is 0 Å². The highest BCUT2D eigenvalue weighted by molar-refractivity contribution is 5.95. The second-order valence-corrected chi connectivity index (χ2v) is 9.16. The van der Waals surface area contributed by atoms with Crippen LogP contribution in [0.25, 0.3) is 0 Å². The van der Waals surface area contributed by atoms with Crippen molar-refractivity contribution in [1.29, 1.82) is 0 Å². The second-order valence-electron chi connectivity index (χ2n) is 9.16. The summed E-state index contributed by atoms with van der Waals surface area (Å²) in [5.41, 5.74) is 2.97. The van der Waals surface area contributed by atoms with E-state index in [1.54, 1.807) is 14.0 Å². The average Bonchev–Trinajstić information content (AvgIpc) is 3.02. The molecule has 2 heterocycles. The molecule has 2 aliphatic rings. The van der Waals surface area contributed by atoms with Crippen LogP contribution < -0.4 is 10.6 Å². The van der Waals surface area contributed by atoms with Gasteiger partial charge in [-0.25, -0.2) is 14.4 Å². The van der Waals surface area contributed by atoms with Crippen LogP contribution in [0.3, 0.4) is 0 Å². The van der Waals surface area contributed by atoms with Gasteiger partial charge in [-0.1, -0.05) is 29.8 Å². The van der Waals surface area contributed by atoms with Gasteiger partial charge < -0.3 is 20.3 Å². The van der Waals surface area contributed by atoms with Crippen molar-refractivity contribution in [2.24, 2.45) is 0 Å². The maximum Gasteiger partial charge on any atom is 0.338 e. The van der Waals surface area contributed by atoms with E-state index in [1.165, 1.54) is 4.90 Å². The van der Waals surface area contributed by atoms with Crippen LogP contribution in [-0.2, 0) is 9.53 Å². The maximum atomic E-state index is 13.1. The third-order valence-electron chi connectivity index (χ3n) is 6.11. The van der Waals surface area contributed by atoms with Gasteiger partial charge in [0, 0.05) is 51.5 Å². The first-order valence-electron chi connectivity index (χ1n) is 12.0. The summed E-state index contributed by atoms with van der Waals surface area (Å²) in [4.78, 5) is 44.0. The Hall–Kier alpha value is -3.07. The van der Waals surface area contributed by atoms with Crippen molar-refractivity contribution in [3.8, 4) is 0 Å². The molecular weight excluding hydrogens is 434 g/mol. The molecule has 0 aliphatic carbocycles. The van der Waals surface area contributed by atoms with Crippen LogP contribution >= 0.6 is 0 Å². The van der Waals surface area contributed by atoms with Crippen molar-refractivity contribution in [3.63, 3.8) is 0 Å². The molecule has 1 aromatic rings. The lowest BCUT2D eigenvalue weighted by molar-refractivity contribution is -0.139. The molecule has 4 amide bonds. The Morgan fingerprint density at radius 1 is 1.21 bits per heavy atom. The van der Waals surface area contributed by atoms with Crippen LogP contribution in [0.2, 0.25) is 0 Å². The fraction of sp³-hybridized carbons (Fsp3) is 0.560. The molecule has 3 rings (SSSR count). The molecule has 1 saturated heterocycles. The van der Waals surface area contributed by atoms with Crippen molar-refractivity contribution in [3.05, 3.63) is 46.7 Å². The first-order chi connectivity index (χ1) is 16.2. The summed E-state index contributed by atoms with van der Waals surface area (Å²) >= 11 is 0. The van der Waals surface area contributed by atoms with E-state index < -0.39 is 12.0 Å². The summed E-state index contributed by atoms with van der Waals surface area (Å²) < 4.78 is 5.42. The predicted octanol–water partition coefficient (Wildman–Crippen LogP) is 2.63. The number of nitrogens with zero attached hydrogens (tertiary/aromatic N) is 3. The zero-order valence-corrected chi connectivity index (χ0v) is 20.9. The van der Waals surface area contributed by atoms with Gasteiger partial charge in [-0.05, 0) is 39.7 Å². The summed E-state index contributed by atoms with van der Waals surface area (Å²) in [6.45, 7) is 11.0. The Morgan fingerprint density at radius 3 is 2.65 bits per heavy atom. The number of amides is 4. The molecule has 2 N–H and O–H groups in total. The Labute approximate surface area is 202 Å².